The van der Waals surface area contributed by atoms with Crippen molar-refractivity contribution in [2.45, 2.75) is 36.2 Å². The minimum atomic E-state index is -0.130. The van der Waals surface area contributed by atoms with Crippen molar-refractivity contribution in [3.8, 4) is 0 Å². The van der Waals surface area contributed by atoms with Crippen molar-refractivity contribution in [2.24, 2.45) is 0 Å². The van der Waals surface area contributed by atoms with Gasteiger partial charge in [0.05, 0.1) is 0 Å². The van der Waals surface area contributed by atoms with Crippen LogP contribution in [0.3, 0.4) is 0 Å². The van der Waals surface area contributed by atoms with Gasteiger partial charge < -0.3 is 5.32 Å². The van der Waals surface area contributed by atoms with Gasteiger partial charge in [0.25, 0.3) is 0 Å². The van der Waals surface area contributed by atoms with Crippen LogP contribution in [0.5, 0.6) is 0 Å². The van der Waals surface area contributed by atoms with Crippen LogP contribution in [0, 0.1) is 5.82 Å². The molecule has 1 aliphatic carbocycles. The number of fused-ring (bicyclic) bond motifs is 2. The van der Waals surface area contributed by atoms with Gasteiger partial charge in [-0.15, -0.1) is 11.8 Å². The van der Waals surface area contributed by atoms with Crippen LogP contribution >= 0.6 is 11.8 Å². The molecule has 0 bridgehead atoms. The highest BCUT2D eigenvalue weighted by Gasteiger charge is 2.27. The fourth-order valence-electron chi connectivity index (χ4n) is 3.51. The molecular formula is C18H18FNS. The second-order valence-electron chi connectivity index (χ2n) is 5.83. The molecule has 4 rings (SSSR count). The normalized spacial score (nSPS) is 23.7. The zero-order chi connectivity index (χ0) is 14.2. The molecule has 1 heterocycles. The number of rotatable bonds is 2. The third-order valence-electron chi connectivity index (χ3n) is 4.55. The summed E-state index contributed by atoms with van der Waals surface area (Å²) in [5, 5.41) is 3.78. The first-order valence-electron chi connectivity index (χ1n) is 7.57. The van der Waals surface area contributed by atoms with E-state index in [1.54, 1.807) is 12.1 Å². The number of thioether (sulfide) groups is 1. The van der Waals surface area contributed by atoms with Crippen molar-refractivity contribution >= 4 is 11.8 Å². The minimum Gasteiger partial charge on any atom is -0.303 e. The maximum atomic E-state index is 13.6. The number of hydrogen-bond donors (Lipinski definition) is 1. The van der Waals surface area contributed by atoms with Gasteiger partial charge in [-0.1, -0.05) is 24.3 Å². The van der Waals surface area contributed by atoms with Gasteiger partial charge in [-0.05, 0) is 59.9 Å². The molecule has 2 aliphatic rings. The van der Waals surface area contributed by atoms with Crippen LogP contribution in [0.25, 0.3) is 0 Å². The Kier molecular flexibility index (Phi) is 3.48. The second kappa shape index (κ2) is 5.47. The molecule has 108 valence electrons. The van der Waals surface area contributed by atoms with Crippen molar-refractivity contribution in [1.29, 1.82) is 0 Å². The Hall–Kier alpha value is -1.32. The Labute approximate surface area is 129 Å². The average Bonchev–Trinajstić information content (AvgIpc) is 2.91. The Bertz CT molecular complexity index is 670. The number of halogens is 1. The predicted molar refractivity (Wildman–Crippen MR) is 85.1 cm³/mol. The standard InChI is InChI=1S/C18H18FNS/c19-13-6-8-18-15(11-13)17(9-10-21-18)20-16-7-5-12-3-1-2-4-14(12)16/h1-4,6,8,11,16-17,20H,5,7,9-10H2. The Balaban J connectivity index is 1.61. The molecule has 0 aromatic heterocycles. The van der Waals surface area contributed by atoms with E-state index in [0.717, 1.165) is 30.6 Å². The molecular weight excluding hydrogens is 281 g/mol. The fraction of sp³-hybridized carbons (Fsp3) is 0.333. The predicted octanol–water partition coefficient (Wildman–Crippen LogP) is 4.64. The van der Waals surface area contributed by atoms with Gasteiger partial charge in [0, 0.05) is 17.0 Å². The van der Waals surface area contributed by atoms with E-state index in [9.17, 15) is 4.39 Å². The average molecular weight is 299 g/mol. The number of nitrogens with one attached hydrogen (secondary N) is 1. The summed E-state index contributed by atoms with van der Waals surface area (Å²) in [6, 6.07) is 14.6. The van der Waals surface area contributed by atoms with Crippen LogP contribution in [0.2, 0.25) is 0 Å². The van der Waals surface area contributed by atoms with Crippen LogP contribution in [-0.2, 0) is 6.42 Å². The lowest BCUT2D eigenvalue weighted by atomic mass is 10.0. The maximum Gasteiger partial charge on any atom is 0.123 e. The second-order valence-corrected chi connectivity index (χ2v) is 6.97. The van der Waals surface area contributed by atoms with Crippen LogP contribution in [0.15, 0.2) is 47.4 Å². The fourth-order valence-corrected chi connectivity index (χ4v) is 4.62. The molecule has 3 heteroatoms. The molecule has 0 spiro atoms. The lowest BCUT2D eigenvalue weighted by Crippen LogP contribution is -2.27. The van der Waals surface area contributed by atoms with Gasteiger partial charge in [-0.25, -0.2) is 4.39 Å². The van der Waals surface area contributed by atoms with Crippen LogP contribution in [0.1, 0.15) is 41.6 Å². The molecule has 0 saturated carbocycles. The van der Waals surface area contributed by atoms with Crippen molar-refractivity contribution in [1.82, 2.24) is 5.32 Å². The van der Waals surface area contributed by atoms with Crippen LogP contribution < -0.4 is 5.32 Å². The van der Waals surface area contributed by atoms with E-state index in [1.165, 1.54) is 16.0 Å². The molecule has 0 saturated heterocycles. The highest BCUT2D eigenvalue weighted by molar-refractivity contribution is 7.99. The quantitative estimate of drug-likeness (QED) is 0.867. The molecule has 0 amide bonds. The van der Waals surface area contributed by atoms with Gasteiger partial charge >= 0.3 is 0 Å². The summed E-state index contributed by atoms with van der Waals surface area (Å²) in [4.78, 5) is 1.23. The highest BCUT2D eigenvalue weighted by Crippen LogP contribution is 2.40. The smallest absolute Gasteiger partial charge is 0.123 e. The van der Waals surface area contributed by atoms with Gasteiger partial charge in [-0.3, -0.25) is 0 Å². The third kappa shape index (κ3) is 2.49. The van der Waals surface area contributed by atoms with Gasteiger partial charge in [0.1, 0.15) is 5.82 Å². The zero-order valence-corrected chi connectivity index (χ0v) is 12.6. The lowest BCUT2D eigenvalue weighted by molar-refractivity contribution is 0.426. The monoisotopic (exact) mass is 299 g/mol. The Morgan fingerprint density at radius 2 is 1.86 bits per heavy atom. The molecule has 1 aliphatic heterocycles. The molecule has 2 atom stereocenters. The van der Waals surface area contributed by atoms with Gasteiger partial charge in [-0.2, -0.15) is 0 Å². The summed E-state index contributed by atoms with van der Waals surface area (Å²) in [6.45, 7) is 0. The summed E-state index contributed by atoms with van der Waals surface area (Å²) in [5.74, 6) is 0.972. The molecule has 2 unspecified atom stereocenters. The Morgan fingerprint density at radius 1 is 1.00 bits per heavy atom. The van der Waals surface area contributed by atoms with Gasteiger partial charge in [0.2, 0.25) is 0 Å². The number of hydrogen-bond acceptors (Lipinski definition) is 2. The van der Waals surface area contributed by atoms with E-state index in [2.05, 4.69) is 29.6 Å². The SMILES string of the molecule is Fc1ccc2c(c1)C(NC1CCc3ccccc31)CCS2. The summed E-state index contributed by atoms with van der Waals surface area (Å²) in [5.41, 5.74) is 4.02. The number of aryl methyl sites for hydroxylation is 1. The maximum absolute atomic E-state index is 13.6. The molecule has 1 N–H and O–H groups in total. The van der Waals surface area contributed by atoms with Crippen molar-refractivity contribution in [2.75, 3.05) is 5.75 Å². The molecule has 2 aromatic rings. The summed E-state index contributed by atoms with van der Waals surface area (Å²) < 4.78 is 13.6. The molecule has 21 heavy (non-hydrogen) atoms. The summed E-state index contributed by atoms with van der Waals surface area (Å²) >= 11 is 1.84. The lowest BCUT2D eigenvalue weighted by Gasteiger charge is -2.29. The topological polar surface area (TPSA) is 12.0 Å². The molecule has 2 aromatic carbocycles. The molecule has 0 fully saturated rings. The zero-order valence-electron chi connectivity index (χ0n) is 11.8. The first-order chi connectivity index (χ1) is 10.3. The summed E-state index contributed by atoms with van der Waals surface area (Å²) in [6.07, 6.45) is 3.36. The molecule has 0 radical (unpaired) electrons. The third-order valence-corrected chi connectivity index (χ3v) is 5.67. The minimum absolute atomic E-state index is 0.130. The van der Waals surface area contributed by atoms with E-state index in [0.29, 0.717) is 6.04 Å². The van der Waals surface area contributed by atoms with Crippen LogP contribution in [-0.4, -0.2) is 5.75 Å². The van der Waals surface area contributed by atoms with Crippen molar-refractivity contribution < 1.29 is 4.39 Å². The van der Waals surface area contributed by atoms with E-state index >= 15 is 0 Å². The summed E-state index contributed by atoms with van der Waals surface area (Å²) in [7, 11) is 0. The van der Waals surface area contributed by atoms with Crippen molar-refractivity contribution in [3.63, 3.8) is 0 Å². The first kappa shape index (κ1) is 13.4. The Morgan fingerprint density at radius 3 is 2.81 bits per heavy atom. The highest BCUT2D eigenvalue weighted by atomic mass is 32.2. The van der Waals surface area contributed by atoms with Gasteiger partial charge in [0.15, 0.2) is 0 Å². The molecule has 1 nitrogen and oxygen atoms in total. The number of benzene rings is 2. The first-order valence-corrected chi connectivity index (χ1v) is 8.56. The van der Waals surface area contributed by atoms with Crippen molar-refractivity contribution in [3.05, 3.63) is 65.0 Å². The van der Waals surface area contributed by atoms with Crippen LogP contribution in [0.4, 0.5) is 4.39 Å². The van der Waals surface area contributed by atoms with E-state index in [1.807, 2.05) is 17.8 Å². The van der Waals surface area contributed by atoms with E-state index in [4.69, 9.17) is 0 Å². The van der Waals surface area contributed by atoms with E-state index in [-0.39, 0.29) is 11.9 Å². The largest absolute Gasteiger partial charge is 0.303 e. The van der Waals surface area contributed by atoms with E-state index < -0.39 is 0 Å².